The van der Waals surface area contributed by atoms with Gasteiger partial charge in [-0.05, 0) is 23.8 Å². The third kappa shape index (κ3) is 3.40. The van der Waals surface area contributed by atoms with E-state index in [2.05, 4.69) is 10.1 Å². The second-order valence-electron chi connectivity index (χ2n) is 6.35. The lowest BCUT2D eigenvalue weighted by Crippen LogP contribution is -2.18. The molecule has 8 heteroatoms. The molecule has 0 heterocycles. The molecule has 0 saturated heterocycles. The molecule has 146 valence electrons. The van der Waals surface area contributed by atoms with Gasteiger partial charge in [0.15, 0.2) is 5.78 Å². The molecule has 0 aromatic heterocycles. The summed E-state index contributed by atoms with van der Waals surface area (Å²) in [6.45, 7) is 0. The molecule has 5 nitrogen and oxygen atoms in total. The molecule has 0 bridgehead atoms. The Bertz CT molecular complexity index is 1160. The third-order valence-corrected chi connectivity index (χ3v) is 4.50. The van der Waals surface area contributed by atoms with Crippen molar-refractivity contribution in [2.45, 2.75) is 6.36 Å². The minimum absolute atomic E-state index is 0.0934. The number of anilines is 2. The van der Waals surface area contributed by atoms with Crippen molar-refractivity contribution in [3.63, 3.8) is 0 Å². The lowest BCUT2D eigenvalue weighted by Gasteiger charge is -2.13. The number of alkyl halides is 3. The predicted octanol–water partition coefficient (Wildman–Crippen LogP) is 4.63. The Labute approximate surface area is 162 Å². The molecule has 0 unspecified atom stereocenters. The van der Waals surface area contributed by atoms with E-state index in [4.69, 9.17) is 5.73 Å². The third-order valence-electron chi connectivity index (χ3n) is 4.50. The number of hydrogen-bond acceptors (Lipinski definition) is 4. The smallest absolute Gasteiger partial charge is 0.406 e. The number of halogens is 3. The highest BCUT2D eigenvalue weighted by Crippen LogP contribution is 2.39. The Morgan fingerprint density at radius 1 is 0.931 bits per heavy atom. The van der Waals surface area contributed by atoms with Gasteiger partial charge in [0.2, 0.25) is 0 Å². The molecular weight excluding hydrogens is 385 g/mol. The number of benzene rings is 3. The maximum absolute atomic E-state index is 12.9. The van der Waals surface area contributed by atoms with E-state index in [1.165, 1.54) is 6.07 Å². The molecule has 1 aliphatic rings. The normalized spacial score (nSPS) is 12.3. The van der Waals surface area contributed by atoms with E-state index < -0.39 is 18.0 Å². The van der Waals surface area contributed by atoms with Crippen molar-refractivity contribution in [2.24, 2.45) is 0 Å². The van der Waals surface area contributed by atoms with Crippen LogP contribution in [0.1, 0.15) is 26.3 Å². The number of rotatable bonds is 3. The quantitative estimate of drug-likeness (QED) is 0.493. The van der Waals surface area contributed by atoms with E-state index in [1.54, 1.807) is 42.5 Å². The number of nitrogens with one attached hydrogen (secondary N) is 1. The molecule has 0 fully saturated rings. The van der Waals surface area contributed by atoms with Crippen LogP contribution in [0.3, 0.4) is 0 Å². The summed E-state index contributed by atoms with van der Waals surface area (Å²) in [5.41, 5.74) is 8.15. The maximum Gasteiger partial charge on any atom is 0.573 e. The SMILES string of the molecule is Nc1cc(OC(F)(F)F)ccc1NC(=O)c1cccc2c1-c1ccccc1C2=O. The van der Waals surface area contributed by atoms with Crippen LogP contribution < -0.4 is 15.8 Å². The van der Waals surface area contributed by atoms with E-state index in [-0.39, 0.29) is 22.7 Å². The summed E-state index contributed by atoms with van der Waals surface area (Å²) in [4.78, 5) is 25.4. The van der Waals surface area contributed by atoms with E-state index in [0.29, 0.717) is 22.3 Å². The van der Waals surface area contributed by atoms with Crippen molar-refractivity contribution in [1.82, 2.24) is 0 Å². The number of nitrogen functional groups attached to an aromatic ring is 1. The van der Waals surface area contributed by atoms with Gasteiger partial charge < -0.3 is 15.8 Å². The number of nitrogens with two attached hydrogens (primary N) is 1. The number of carbonyl (C=O) groups is 2. The second kappa shape index (κ2) is 6.66. The molecule has 0 radical (unpaired) electrons. The Kier molecular flexibility index (Phi) is 4.26. The van der Waals surface area contributed by atoms with Crippen LogP contribution in [0.15, 0.2) is 60.7 Å². The van der Waals surface area contributed by atoms with Gasteiger partial charge in [0.05, 0.1) is 11.4 Å². The lowest BCUT2D eigenvalue weighted by atomic mass is 9.99. The number of hydrogen-bond donors (Lipinski definition) is 2. The maximum atomic E-state index is 12.9. The lowest BCUT2D eigenvalue weighted by molar-refractivity contribution is -0.274. The van der Waals surface area contributed by atoms with E-state index in [0.717, 1.165) is 12.1 Å². The van der Waals surface area contributed by atoms with Crippen LogP contribution in [0.2, 0.25) is 0 Å². The summed E-state index contributed by atoms with van der Waals surface area (Å²) in [6.07, 6.45) is -4.85. The summed E-state index contributed by atoms with van der Waals surface area (Å²) in [6, 6.07) is 15.0. The Balaban J connectivity index is 1.66. The van der Waals surface area contributed by atoms with Gasteiger partial charge in [-0.2, -0.15) is 0 Å². The van der Waals surface area contributed by atoms with E-state index >= 15 is 0 Å². The van der Waals surface area contributed by atoms with Crippen LogP contribution in [0.25, 0.3) is 11.1 Å². The van der Waals surface area contributed by atoms with Crippen LogP contribution in [0.4, 0.5) is 24.5 Å². The minimum atomic E-state index is -4.85. The van der Waals surface area contributed by atoms with Gasteiger partial charge in [-0.15, -0.1) is 13.2 Å². The molecule has 29 heavy (non-hydrogen) atoms. The first-order valence-corrected chi connectivity index (χ1v) is 8.48. The first kappa shape index (κ1) is 18.5. The van der Waals surface area contributed by atoms with Crippen LogP contribution in [-0.4, -0.2) is 18.1 Å². The molecule has 4 rings (SSSR count). The molecule has 0 atom stereocenters. The van der Waals surface area contributed by atoms with Gasteiger partial charge in [-0.1, -0.05) is 36.4 Å². The van der Waals surface area contributed by atoms with Crippen molar-refractivity contribution in [3.05, 3.63) is 77.4 Å². The molecule has 0 saturated carbocycles. The van der Waals surface area contributed by atoms with Crippen LogP contribution in [0, 0.1) is 0 Å². The van der Waals surface area contributed by atoms with Crippen LogP contribution in [0.5, 0.6) is 5.75 Å². The van der Waals surface area contributed by atoms with Gasteiger partial charge in [0, 0.05) is 28.3 Å². The minimum Gasteiger partial charge on any atom is -0.406 e. The average Bonchev–Trinajstić information content (AvgIpc) is 2.96. The Morgan fingerprint density at radius 3 is 2.31 bits per heavy atom. The molecule has 1 aliphatic carbocycles. The van der Waals surface area contributed by atoms with Crippen molar-refractivity contribution in [1.29, 1.82) is 0 Å². The standard InChI is InChI=1S/C21H13F3N2O3/c22-21(23,24)29-11-8-9-17(16(25)10-11)26-20(28)15-7-3-6-14-18(15)12-4-1-2-5-13(12)19(14)27/h1-10H,25H2,(H,26,28). The molecule has 3 N–H and O–H groups in total. The zero-order valence-corrected chi connectivity index (χ0v) is 14.7. The molecular formula is C21H13F3N2O3. The van der Waals surface area contributed by atoms with E-state index in [9.17, 15) is 22.8 Å². The highest BCUT2D eigenvalue weighted by molar-refractivity contribution is 6.25. The van der Waals surface area contributed by atoms with Crippen molar-refractivity contribution in [3.8, 4) is 16.9 Å². The monoisotopic (exact) mass is 398 g/mol. The summed E-state index contributed by atoms with van der Waals surface area (Å²) < 4.78 is 40.8. The number of ether oxygens (including phenoxy) is 1. The van der Waals surface area contributed by atoms with Crippen molar-refractivity contribution >= 4 is 23.1 Å². The summed E-state index contributed by atoms with van der Waals surface area (Å²) in [7, 11) is 0. The predicted molar refractivity (Wildman–Crippen MR) is 101 cm³/mol. The molecule has 0 spiro atoms. The van der Waals surface area contributed by atoms with Gasteiger partial charge >= 0.3 is 6.36 Å². The fraction of sp³-hybridized carbons (Fsp3) is 0.0476. The summed E-state index contributed by atoms with van der Waals surface area (Å²) in [5, 5.41) is 2.58. The highest BCUT2D eigenvalue weighted by Gasteiger charge is 2.32. The van der Waals surface area contributed by atoms with Gasteiger partial charge in [-0.25, -0.2) is 0 Å². The summed E-state index contributed by atoms with van der Waals surface area (Å²) in [5.74, 6) is -1.20. The van der Waals surface area contributed by atoms with Gasteiger partial charge in [0.25, 0.3) is 5.91 Å². The number of amides is 1. The molecule has 3 aromatic rings. The largest absolute Gasteiger partial charge is 0.573 e. The second-order valence-corrected chi connectivity index (χ2v) is 6.35. The average molecular weight is 398 g/mol. The number of fused-ring (bicyclic) bond motifs is 3. The Hall–Kier alpha value is -3.81. The van der Waals surface area contributed by atoms with E-state index in [1.807, 2.05) is 0 Å². The number of carbonyl (C=O) groups excluding carboxylic acids is 2. The van der Waals surface area contributed by atoms with Gasteiger partial charge in [-0.3, -0.25) is 9.59 Å². The van der Waals surface area contributed by atoms with Gasteiger partial charge in [0.1, 0.15) is 5.75 Å². The van der Waals surface area contributed by atoms with Crippen molar-refractivity contribution < 1.29 is 27.5 Å². The van der Waals surface area contributed by atoms with Crippen molar-refractivity contribution in [2.75, 3.05) is 11.1 Å². The first-order valence-electron chi connectivity index (χ1n) is 8.48. The fourth-order valence-corrected chi connectivity index (χ4v) is 3.31. The Morgan fingerprint density at radius 2 is 1.62 bits per heavy atom. The van der Waals surface area contributed by atoms with Crippen LogP contribution in [-0.2, 0) is 0 Å². The molecule has 3 aromatic carbocycles. The number of ketones is 1. The molecule has 1 amide bonds. The fourth-order valence-electron chi connectivity index (χ4n) is 3.31. The zero-order chi connectivity index (χ0) is 20.8. The molecule has 0 aliphatic heterocycles. The zero-order valence-electron chi connectivity index (χ0n) is 14.7. The van der Waals surface area contributed by atoms with Crippen LogP contribution >= 0.6 is 0 Å². The topological polar surface area (TPSA) is 81.4 Å². The highest BCUT2D eigenvalue weighted by atomic mass is 19.4. The summed E-state index contributed by atoms with van der Waals surface area (Å²) >= 11 is 0. The first-order chi connectivity index (χ1) is 13.7.